The van der Waals surface area contributed by atoms with E-state index in [1.54, 1.807) is 12.1 Å². The molecule has 31 heavy (non-hydrogen) atoms. The fraction of sp³-hybridized carbons (Fsp3) is 0.200. The van der Waals surface area contributed by atoms with Crippen LogP contribution in [0.2, 0.25) is 5.02 Å². The van der Waals surface area contributed by atoms with Crippen molar-refractivity contribution >= 4 is 29.2 Å². The van der Waals surface area contributed by atoms with Gasteiger partial charge in [-0.25, -0.2) is 9.18 Å². The number of carbonyl (C=O) groups is 2. The molecule has 0 radical (unpaired) electrons. The van der Waals surface area contributed by atoms with E-state index >= 15 is 0 Å². The summed E-state index contributed by atoms with van der Waals surface area (Å²) in [5, 5.41) is 6.82. The topological polar surface area (TPSA) is 113 Å². The van der Waals surface area contributed by atoms with Gasteiger partial charge in [0.1, 0.15) is 18.1 Å². The van der Waals surface area contributed by atoms with Crippen LogP contribution >= 0.6 is 11.6 Å². The molecule has 0 aliphatic heterocycles. The number of hydrogen-bond acceptors (Lipinski definition) is 7. The summed E-state index contributed by atoms with van der Waals surface area (Å²) in [4.78, 5) is 36.4. The molecule has 0 saturated carbocycles. The largest absolute Gasteiger partial charge is 0.495 e. The van der Waals surface area contributed by atoms with E-state index < -0.39 is 36.1 Å². The van der Waals surface area contributed by atoms with Gasteiger partial charge >= 0.3 is 11.7 Å². The van der Waals surface area contributed by atoms with Crippen molar-refractivity contribution < 1.29 is 27.9 Å². The molecule has 0 saturated heterocycles. The van der Waals surface area contributed by atoms with Crippen LogP contribution in [0, 0.1) is 5.82 Å². The van der Waals surface area contributed by atoms with E-state index in [1.807, 2.05) is 0 Å². The van der Waals surface area contributed by atoms with Gasteiger partial charge in [0.25, 0.3) is 5.91 Å². The van der Waals surface area contributed by atoms with E-state index in [9.17, 15) is 18.8 Å². The average Bonchev–Trinajstić information content (AvgIpc) is 3.08. The number of anilines is 1. The molecule has 3 rings (SSSR count). The van der Waals surface area contributed by atoms with Gasteiger partial charge in [0.15, 0.2) is 6.10 Å². The number of hydrogen-bond donors (Lipinski definition) is 1. The molecule has 9 nitrogen and oxygen atoms in total. The monoisotopic (exact) mass is 449 g/mol. The van der Waals surface area contributed by atoms with Gasteiger partial charge in [0.05, 0.1) is 12.8 Å². The molecule has 1 unspecified atom stereocenters. The van der Waals surface area contributed by atoms with Gasteiger partial charge in [0, 0.05) is 10.6 Å². The van der Waals surface area contributed by atoms with Crippen LogP contribution in [0.25, 0.3) is 11.5 Å². The summed E-state index contributed by atoms with van der Waals surface area (Å²) >= 11 is 5.92. The summed E-state index contributed by atoms with van der Waals surface area (Å²) in [6.07, 6.45) is -1.18. The molecule has 11 heteroatoms. The lowest BCUT2D eigenvalue weighted by molar-refractivity contribution is -0.154. The van der Waals surface area contributed by atoms with Crippen molar-refractivity contribution in [1.82, 2.24) is 9.78 Å². The summed E-state index contributed by atoms with van der Waals surface area (Å²) < 4.78 is 28.9. The molecule has 1 atom stereocenters. The second-order valence-electron chi connectivity index (χ2n) is 6.30. The van der Waals surface area contributed by atoms with E-state index in [0.29, 0.717) is 22.0 Å². The van der Waals surface area contributed by atoms with Crippen LogP contribution in [0.3, 0.4) is 0 Å². The molecule has 1 heterocycles. The summed E-state index contributed by atoms with van der Waals surface area (Å²) in [5.41, 5.74) is 0.661. The third-order valence-corrected chi connectivity index (χ3v) is 4.31. The van der Waals surface area contributed by atoms with Gasteiger partial charge in [-0.05, 0) is 49.4 Å². The van der Waals surface area contributed by atoms with E-state index in [-0.39, 0.29) is 5.89 Å². The van der Waals surface area contributed by atoms with Crippen LogP contribution in [0.5, 0.6) is 5.75 Å². The molecular weight excluding hydrogens is 433 g/mol. The number of rotatable bonds is 7. The maximum absolute atomic E-state index is 13.0. The number of halogens is 2. The van der Waals surface area contributed by atoms with Gasteiger partial charge in [-0.3, -0.25) is 9.59 Å². The minimum absolute atomic E-state index is 0.0864. The number of nitrogens with one attached hydrogen (secondary N) is 1. The van der Waals surface area contributed by atoms with Crippen LogP contribution in [-0.2, 0) is 20.9 Å². The van der Waals surface area contributed by atoms with E-state index in [2.05, 4.69) is 10.4 Å². The summed E-state index contributed by atoms with van der Waals surface area (Å²) in [5.74, 6) is -2.60. The third-order valence-electron chi connectivity index (χ3n) is 4.07. The van der Waals surface area contributed by atoms with Gasteiger partial charge in [-0.1, -0.05) is 11.6 Å². The Labute approximate surface area is 180 Å². The van der Waals surface area contributed by atoms with Gasteiger partial charge in [-0.15, -0.1) is 5.10 Å². The van der Waals surface area contributed by atoms with Crippen molar-refractivity contribution in [2.45, 2.75) is 19.6 Å². The lowest BCUT2D eigenvalue weighted by Crippen LogP contribution is -2.32. The number of carbonyl (C=O) groups excluding carboxylic acids is 2. The first kappa shape index (κ1) is 22.0. The first-order valence-corrected chi connectivity index (χ1v) is 9.32. The van der Waals surface area contributed by atoms with Crippen LogP contribution in [0.4, 0.5) is 10.1 Å². The first-order valence-electron chi connectivity index (χ1n) is 8.94. The highest BCUT2D eigenvalue weighted by atomic mass is 35.5. The minimum atomic E-state index is -1.18. The van der Waals surface area contributed by atoms with Gasteiger partial charge in [-0.2, -0.15) is 4.68 Å². The summed E-state index contributed by atoms with van der Waals surface area (Å²) in [7, 11) is 1.43. The lowest BCUT2D eigenvalue weighted by atomic mass is 10.2. The molecule has 0 spiro atoms. The minimum Gasteiger partial charge on any atom is -0.495 e. The Hall–Kier alpha value is -3.66. The van der Waals surface area contributed by atoms with Crippen molar-refractivity contribution in [2.75, 3.05) is 12.4 Å². The number of methoxy groups -OCH3 is 1. The maximum Gasteiger partial charge on any atom is 0.437 e. The Morgan fingerprint density at radius 2 is 1.97 bits per heavy atom. The molecule has 2 aromatic carbocycles. The second-order valence-corrected chi connectivity index (χ2v) is 6.74. The number of esters is 1. The molecular formula is C20H17ClFN3O6. The highest BCUT2D eigenvalue weighted by Crippen LogP contribution is 2.27. The molecule has 162 valence electrons. The lowest BCUT2D eigenvalue weighted by Gasteiger charge is -2.15. The summed E-state index contributed by atoms with van der Waals surface area (Å²) in [6.45, 7) is 0.779. The molecule has 1 N–H and O–H groups in total. The number of benzene rings is 2. The normalized spacial score (nSPS) is 11.6. The zero-order valence-corrected chi connectivity index (χ0v) is 17.2. The molecule has 1 amide bonds. The highest BCUT2D eigenvalue weighted by molar-refractivity contribution is 6.31. The standard InChI is InChI=1S/C20H17ClFN3O6/c1-11(18(27)23-15-9-13(21)5-8-16(15)29-2)30-17(26)10-25-20(28)31-19(24-25)12-3-6-14(22)7-4-12/h3-9,11H,10H2,1-2H3,(H,23,27). The Bertz CT molecular complexity index is 1160. The third kappa shape index (κ3) is 5.48. The van der Waals surface area contributed by atoms with Crippen molar-refractivity contribution in [3.63, 3.8) is 0 Å². The van der Waals surface area contributed by atoms with Crippen molar-refractivity contribution in [1.29, 1.82) is 0 Å². The number of nitrogens with zero attached hydrogens (tertiary/aromatic N) is 2. The molecule has 0 bridgehead atoms. The predicted octanol–water partition coefficient (Wildman–Crippen LogP) is 2.87. The predicted molar refractivity (Wildman–Crippen MR) is 108 cm³/mol. The fourth-order valence-electron chi connectivity index (χ4n) is 2.54. The van der Waals surface area contributed by atoms with Crippen LogP contribution in [0.1, 0.15) is 6.92 Å². The van der Waals surface area contributed by atoms with E-state index in [4.69, 9.17) is 25.5 Å². The first-order chi connectivity index (χ1) is 14.8. The summed E-state index contributed by atoms with van der Waals surface area (Å²) in [6, 6.07) is 9.76. The molecule has 3 aromatic rings. The molecule has 0 fully saturated rings. The maximum atomic E-state index is 13.0. The molecule has 0 aliphatic rings. The van der Waals surface area contributed by atoms with Crippen LogP contribution < -0.4 is 15.8 Å². The zero-order valence-electron chi connectivity index (χ0n) is 16.4. The van der Waals surface area contributed by atoms with Crippen molar-refractivity contribution in [3.8, 4) is 17.2 Å². The Kier molecular flexibility index (Phi) is 6.71. The van der Waals surface area contributed by atoms with Crippen LogP contribution in [0.15, 0.2) is 51.7 Å². The number of ether oxygens (including phenoxy) is 2. The van der Waals surface area contributed by atoms with E-state index in [1.165, 1.54) is 44.4 Å². The van der Waals surface area contributed by atoms with Crippen molar-refractivity contribution in [3.05, 3.63) is 63.9 Å². The molecule has 0 aliphatic carbocycles. The zero-order chi connectivity index (χ0) is 22.5. The van der Waals surface area contributed by atoms with Crippen molar-refractivity contribution in [2.24, 2.45) is 0 Å². The Balaban J connectivity index is 1.63. The fourth-order valence-corrected chi connectivity index (χ4v) is 2.71. The smallest absolute Gasteiger partial charge is 0.437 e. The Morgan fingerprint density at radius 1 is 1.26 bits per heavy atom. The number of amides is 1. The average molecular weight is 450 g/mol. The number of aromatic nitrogens is 2. The SMILES string of the molecule is COc1ccc(Cl)cc1NC(=O)C(C)OC(=O)Cn1nc(-c2ccc(F)cc2)oc1=O. The quantitative estimate of drug-likeness (QED) is 0.552. The van der Waals surface area contributed by atoms with Gasteiger partial charge in [0.2, 0.25) is 5.89 Å². The van der Waals surface area contributed by atoms with Crippen LogP contribution in [-0.4, -0.2) is 34.9 Å². The molecule has 1 aromatic heterocycles. The van der Waals surface area contributed by atoms with E-state index in [0.717, 1.165) is 4.68 Å². The second kappa shape index (κ2) is 9.43. The Morgan fingerprint density at radius 3 is 2.65 bits per heavy atom. The van der Waals surface area contributed by atoms with Gasteiger partial charge < -0.3 is 19.2 Å². The highest BCUT2D eigenvalue weighted by Gasteiger charge is 2.21.